The van der Waals surface area contributed by atoms with E-state index in [0.717, 1.165) is 16.7 Å². The fourth-order valence-corrected chi connectivity index (χ4v) is 4.22. The van der Waals surface area contributed by atoms with Crippen LogP contribution in [0.5, 0.6) is 17.2 Å². The van der Waals surface area contributed by atoms with Crippen molar-refractivity contribution < 1.29 is 33.3 Å². The van der Waals surface area contributed by atoms with Crippen LogP contribution in [0.15, 0.2) is 42.5 Å². The van der Waals surface area contributed by atoms with Crippen LogP contribution in [0.25, 0.3) is 0 Å². The Morgan fingerprint density at radius 3 is 2.44 bits per heavy atom. The largest absolute Gasteiger partial charge is 0.493 e. The normalized spacial score (nSPS) is 16.6. The predicted molar refractivity (Wildman–Crippen MR) is 116 cm³/mol. The highest BCUT2D eigenvalue weighted by atomic mass is 32.2. The molecule has 3 amide bonds. The second kappa shape index (κ2) is 9.49. The third kappa shape index (κ3) is 4.23. The Hall–Kier alpha value is -3.24. The van der Waals surface area contributed by atoms with Gasteiger partial charge in [0.05, 0.1) is 32.1 Å². The van der Waals surface area contributed by atoms with Gasteiger partial charge in [0.15, 0.2) is 24.5 Å². The minimum Gasteiger partial charge on any atom is -0.493 e. The highest BCUT2D eigenvalue weighted by Crippen LogP contribution is 2.37. The third-order valence-electron chi connectivity index (χ3n) is 5.12. The molecule has 1 atom stereocenters. The number of rotatable bonds is 8. The van der Waals surface area contributed by atoms with E-state index in [1.807, 2.05) is 18.2 Å². The van der Waals surface area contributed by atoms with E-state index in [2.05, 4.69) is 0 Å². The van der Waals surface area contributed by atoms with E-state index < -0.39 is 6.23 Å². The van der Waals surface area contributed by atoms with Crippen molar-refractivity contribution in [2.75, 3.05) is 39.9 Å². The summed E-state index contributed by atoms with van der Waals surface area (Å²) in [6.07, 6.45) is -0.858. The van der Waals surface area contributed by atoms with Crippen molar-refractivity contribution >= 4 is 28.8 Å². The topological polar surface area (TPSA) is 94.6 Å². The Balaban J connectivity index is 1.46. The maximum Gasteiger partial charge on any atom is 0.291 e. The molecule has 1 fully saturated rings. The third-order valence-corrected chi connectivity index (χ3v) is 5.95. The zero-order chi connectivity index (χ0) is 22.7. The molecule has 2 aliphatic heterocycles. The molecule has 4 rings (SSSR count). The highest BCUT2D eigenvalue weighted by molar-refractivity contribution is 8.14. The van der Waals surface area contributed by atoms with E-state index in [1.165, 1.54) is 19.1 Å². The summed E-state index contributed by atoms with van der Waals surface area (Å²) in [6.45, 7) is 0.344. The highest BCUT2D eigenvalue weighted by Gasteiger charge is 2.37. The molecule has 0 saturated carbocycles. The minimum absolute atomic E-state index is 0.0398. The van der Waals surface area contributed by atoms with E-state index in [0.29, 0.717) is 28.4 Å². The number of carbonyl (C=O) groups excluding carboxylic acids is 3. The van der Waals surface area contributed by atoms with Crippen molar-refractivity contribution in [3.63, 3.8) is 0 Å². The van der Waals surface area contributed by atoms with Gasteiger partial charge < -0.3 is 23.8 Å². The van der Waals surface area contributed by atoms with E-state index in [-0.39, 0.29) is 42.7 Å². The number of amides is 3. The van der Waals surface area contributed by atoms with E-state index in [9.17, 15) is 14.4 Å². The first-order chi connectivity index (χ1) is 15.5. The van der Waals surface area contributed by atoms with Crippen LogP contribution >= 0.6 is 11.8 Å². The van der Waals surface area contributed by atoms with E-state index >= 15 is 0 Å². The summed E-state index contributed by atoms with van der Waals surface area (Å²) >= 11 is 0.948. The van der Waals surface area contributed by atoms with Crippen molar-refractivity contribution in [1.29, 1.82) is 0 Å². The molecule has 32 heavy (non-hydrogen) atoms. The van der Waals surface area contributed by atoms with Gasteiger partial charge in [-0.1, -0.05) is 42.1 Å². The lowest BCUT2D eigenvalue weighted by Crippen LogP contribution is -2.42. The zero-order valence-electron chi connectivity index (χ0n) is 17.6. The minimum atomic E-state index is -0.858. The predicted octanol–water partition coefficient (Wildman–Crippen LogP) is 2.91. The summed E-state index contributed by atoms with van der Waals surface area (Å²) in [5.41, 5.74) is 1.04. The van der Waals surface area contributed by atoms with Gasteiger partial charge in [0.1, 0.15) is 5.75 Å². The van der Waals surface area contributed by atoms with Gasteiger partial charge in [0, 0.05) is 24.2 Å². The van der Waals surface area contributed by atoms with Gasteiger partial charge in [-0.2, -0.15) is 0 Å². The first-order valence-electron chi connectivity index (χ1n) is 9.87. The Morgan fingerprint density at radius 2 is 1.78 bits per heavy atom. The van der Waals surface area contributed by atoms with Gasteiger partial charge in [-0.15, -0.1) is 0 Å². The van der Waals surface area contributed by atoms with Crippen molar-refractivity contribution in [3.05, 3.63) is 53.6 Å². The number of benzene rings is 2. The molecule has 9 nitrogen and oxygen atoms in total. The first kappa shape index (κ1) is 22.0. The number of carbonyl (C=O) groups is 3. The van der Waals surface area contributed by atoms with Crippen LogP contribution in [0, 0.1) is 0 Å². The van der Waals surface area contributed by atoms with E-state index in [4.69, 9.17) is 18.9 Å². The van der Waals surface area contributed by atoms with Crippen LogP contribution < -0.4 is 14.2 Å². The van der Waals surface area contributed by atoms with Gasteiger partial charge in [-0.25, -0.2) is 4.90 Å². The number of fused-ring (bicyclic) bond motifs is 1. The fraction of sp³-hybridized carbons (Fsp3) is 0.318. The Kier molecular flexibility index (Phi) is 6.52. The van der Waals surface area contributed by atoms with Crippen LogP contribution in [-0.2, 0) is 9.53 Å². The van der Waals surface area contributed by atoms with Crippen LogP contribution in [0.3, 0.4) is 0 Å². The number of methoxy groups -OCH3 is 2. The van der Waals surface area contributed by atoms with Gasteiger partial charge in [-0.05, 0) is 0 Å². The van der Waals surface area contributed by atoms with Crippen LogP contribution in [0.4, 0.5) is 4.79 Å². The SMILES string of the molecule is COc1cc2c(cc1OC)C(=O)N(CCOC(c1ccccc1)N1C(=O)CSC1=O)CO2. The summed E-state index contributed by atoms with van der Waals surface area (Å²) in [5, 5.41) is -0.351. The van der Waals surface area contributed by atoms with Crippen molar-refractivity contribution in [2.45, 2.75) is 6.23 Å². The summed E-state index contributed by atoms with van der Waals surface area (Å²) in [5.74, 6) is 0.856. The standard InChI is InChI=1S/C22H22N2O7S/c1-28-17-10-15-16(11-18(17)29-2)31-13-23(20(15)26)8-9-30-21(14-6-4-3-5-7-14)24-19(25)12-32-22(24)27/h3-7,10-11,21H,8-9,12-13H2,1-2H3. The molecule has 2 aromatic rings. The van der Waals surface area contributed by atoms with Crippen molar-refractivity contribution in [2.24, 2.45) is 0 Å². The molecule has 0 aromatic heterocycles. The second-order valence-electron chi connectivity index (χ2n) is 7.00. The fourth-order valence-electron chi connectivity index (χ4n) is 3.49. The molecule has 1 unspecified atom stereocenters. The van der Waals surface area contributed by atoms with Gasteiger partial charge in [-0.3, -0.25) is 14.4 Å². The average molecular weight is 458 g/mol. The molecular formula is C22H22N2O7S. The smallest absolute Gasteiger partial charge is 0.291 e. The number of nitrogens with zero attached hydrogens (tertiary/aromatic N) is 2. The van der Waals surface area contributed by atoms with Crippen LogP contribution in [-0.4, -0.2) is 66.7 Å². The second-order valence-corrected chi connectivity index (χ2v) is 7.92. The average Bonchev–Trinajstić information content (AvgIpc) is 3.15. The maximum absolute atomic E-state index is 13.0. The lowest BCUT2D eigenvalue weighted by molar-refractivity contribution is -0.136. The molecule has 0 bridgehead atoms. The van der Waals surface area contributed by atoms with Crippen LogP contribution in [0.2, 0.25) is 0 Å². The summed E-state index contributed by atoms with van der Waals surface area (Å²) in [7, 11) is 3.00. The zero-order valence-corrected chi connectivity index (χ0v) is 18.4. The van der Waals surface area contributed by atoms with Gasteiger partial charge in [0.25, 0.3) is 11.1 Å². The quantitative estimate of drug-likeness (QED) is 0.596. The molecule has 1 saturated heterocycles. The molecule has 2 aliphatic rings. The Bertz CT molecular complexity index is 1010. The number of ether oxygens (including phenoxy) is 4. The molecule has 0 aliphatic carbocycles. The molecule has 0 N–H and O–H groups in total. The first-order valence-corrected chi connectivity index (χ1v) is 10.9. The summed E-state index contributed by atoms with van der Waals surface area (Å²) in [6, 6.07) is 12.2. The van der Waals surface area contributed by atoms with Gasteiger partial charge >= 0.3 is 0 Å². The molecule has 2 heterocycles. The van der Waals surface area contributed by atoms with Crippen molar-refractivity contribution in [1.82, 2.24) is 9.80 Å². The molecule has 168 valence electrons. The monoisotopic (exact) mass is 458 g/mol. The maximum atomic E-state index is 13.0. The van der Waals surface area contributed by atoms with E-state index in [1.54, 1.807) is 24.3 Å². The summed E-state index contributed by atoms with van der Waals surface area (Å²) in [4.78, 5) is 40.1. The molecular weight excluding hydrogens is 436 g/mol. The molecule has 2 aromatic carbocycles. The summed E-state index contributed by atoms with van der Waals surface area (Å²) < 4.78 is 22.2. The molecule has 0 radical (unpaired) electrons. The molecule has 10 heteroatoms. The van der Waals surface area contributed by atoms with Gasteiger partial charge in [0.2, 0.25) is 5.91 Å². The lowest BCUT2D eigenvalue weighted by atomic mass is 10.1. The number of thioether (sulfide) groups is 1. The Morgan fingerprint density at radius 1 is 1.06 bits per heavy atom. The number of hydrogen-bond acceptors (Lipinski definition) is 8. The Labute approximate surface area is 189 Å². The number of imide groups is 1. The lowest BCUT2D eigenvalue weighted by Gasteiger charge is -2.31. The number of hydrogen-bond donors (Lipinski definition) is 0. The molecule has 0 spiro atoms. The van der Waals surface area contributed by atoms with Crippen molar-refractivity contribution in [3.8, 4) is 17.2 Å². The van der Waals surface area contributed by atoms with Crippen LogP contribution in [0.1, 0.15) is 22.1 Å².